The molecule has 0 aromatic heterocycles. The molecule has 1 aromatic rings. The second kappa shape index (κ2) is 6.27. The third kappa shape index (κ3) is 2.76. The van der Waals surface area contributed by atoms with E-state index in [-0.39, 0.29) is 0 Å². The molecular weight excluding hydrogens is 262 g/mol. The van der Waals surface area contributed by atoms with E-state index in [1.54, 1.807) is 7.11 Å². The van der Waals surface area contributed by atoms with E-state index < -0.39 is 0 Å². The standard InChI is InChI=1S/C18H27NO2/c1-4-8-19-11-13(5-2)9-15-16-10-14(20-3)6-7-18(16)21-12-17(15)19/h6-7,10,13,15,17H,4-5,8-9,11-12H2,1-3H3/t13-,15+,17+/m1/s1. The fourth-order valence-electron chi connectivity index (χ4n) is 3.96. The topological polar surface area (TPSA) is 21.7 Å². The molecule has 2 aliphatic heterocycles. The number of rotatable bonds is 4. The van der Waals surface area contributed by atoms with Gasteiger partial charge in [-0.15, -0.1) is 0 Å². The second-order valence-corrected chi connectivity index (χ2v) is 6.39. The van der Waals surface area contributed by atoms with Crippen LogP contribution in [-0.4, -0.2) is 37.7 Å². The molecule has 1 aromatic carbocycles. The number of fused-ring (bicyclic) bond motifs is 3. The molecule has 0 bridgehead atoms. The van der Waals surface area contributed by atoms with E-state index in [0.29, 0.717) is 12.0 Å². The third-order valence-electron chi connectivity index (χ3n) is 5.13. The Hall–Kier alpha value is -1.22. The van der Waals surface area contributed by atoms with E-state index in [2.05, 4.69) is 30.9 Å². The van der Waals surface area contributed by atoms with Gasteiger partial charge in [-0.05, 0) is 43.5 Å². The van der Waals surface area contributed by atoms with Crippen LogP contribution in [0.4, 0.5) is 0 Å². The summed E-state index contributed by atoms with van der Waals surface area (Å²) < 4.78 is 11.5. The number of benzene rings is 1. The maximum Gasteiger partial charge on any atom is 0.123 e. The molecule has 0 aliphatic carbocycles. The quantitative estimate of drug-likeness (QED) is 0.844. The molecule has 3 rings (SSSR count). The van der Waals surface area contributed by atoms with Crippen LogP contribution in [0.15, 0.2) is 18.2 Å². The third-order valence-corrected chi connectivity index (χ3v) is 5.13. The van der Waals surface area contributed by atoms with Crippen LogP contribution in [0.2, 0.25) is 0 Å². The van der Waals surface area contributed by atoms with Gasteiger partial charge in [0, 0.05) is 18.0 Å². The number of hydrogen-bond acceptors (Lipinski definition) is 3. The van der Waals surface area contributed by atoms with Crippen molar-refractivity contribution < 1.29 is 9.47 Å². The Morgan fingerprint density at radius 2 is 2.19 bits per heavy atom. The van der Waals surface area contributed by atoms with Gasteiger partial charge in [0.05, 0.1) is 13.2 Å². The van der Waals surface area contributed by atoms with Crippen LogP contribution < -0.4 is 9.47 Å². The predicted octanol–water partition coefficient (Wildman–Crippen LogP) is 3.68. The van der Waals surface area contributed by atoms with Gasteiger partial charge in [-0.1, -0.05) is 20.3 Å². The van der Waals surface area contributed by atoms with Crippen LogP contribution in [0, 0.1) is 5.92 Å². The molecule has 0 spiro atoms. The van der Waals surface area contributed by atoms with Gasteiger partial charge in [0.25, 0.3) is 0 Å². The zero-order valence-electron chi connectivity index (χ0n) is 13.5. The molecule has 0 radical (unpaired) electrons. The van der Waals surface area contributed by atoms with Crippen molar-refractivity contribution in [2.24, 2.45) is 5.92 Å². The summed E-state index contributed by atoms with van der Waals surface area (Å²) in [5, 5.41) is 0. The minimum absolute atomic E-state index is 0.535. The van der Waals surface area contributed by atoms with Crippen molar-refractivity contribution in [1.82, 2.24) is 4.90 Å². The Balaban J connectivity index is 1.93. The molecule has 3 nitrogen and oxygen atoms in total. The first kappa shape index (κ1) is 14.7. The maximum atomic E-state index is 6.04. The van der Waals surface area contributed by atoms with E-state index in [0.717, 1.165) is 24.0 Å². The van der Waals surface area contributed by atoms with Crippen molar-refractivity contribution in [3.63, 3.8) is 0 Å². The Morgan fingerprint density at radius 3 is 2.90 bits per heavy atom. The van der Waals surface area contributed by atoms with Gasteiger partial charge in [-0.3, -0.25) is 4.90 Å². The summed E-state index contributed by atoms with van der Waals surface area (Å²) in [6, 6.07) is 6.80. The lowest BCUT2D eigenvalue weighted by Gasteiger charge is -2.47. The van der Waals surface area contributed by atoms with E-state index in [9.17, 15) is 0 Å². The molecule has 1 saturated heterocycles. The summed E-state index contributed by atoms with van der Waals surface area (Å²) in [5.41, 5.74) is 1.35. The normalized spacial score (nSPS) is 28.4. The monoisotopic (exact) mass is 289 g/mol. The highest BCUT2D eigenvalue weighted by Crippen LogP contribution is 2.44. The van der Waals surface area contributed by atoms with Crippen LogP contribution in [0.3, 0.4) is 0 Å². The van der Waals surface area contributed by atoms with Crippen molar-refractivity contribution in [2.75, 3.05) is 26.8 Å². The number of ether oxygens (including phenoxy) is 2. The van der Waals surface area contributed by atoms with Crippen LogP contribution in [0.5, 0.6) is 11.5 Å². The fourth-order valence-corrected chi connectivity index (χ4v) is 3.96. The Kier molecular flexibility index (Phi) is 4.39. The summed E-state index contributed by atoms with van der Waals surface area (Å²) in [7, 11) is 1.74. The summed E-state index contributed by atoms with van der Waals surface area (Å²) in [5.74, 6) is 3.40. The van der Waals surface area contributed by atoms with Gasteiger partial charge >= 0.3 is 0 Å². The zero-order valence-corrected chi connectivity index (χ0v) is 13.5. The van der Waals surface area contributed by atoms with Crippen LogP contribution in [-0.2, 0) is 0 Å². The van der Waals surface area contributed by atoms with Crippen molar-refractivity contribution in [3.05, 3.63) is 23.8 Å². The highest BCUT2D eigenvalue weighted by atomic mass is 16.5. The van der Waals surface area contributed by atoms with E-state index in [1.165, 1.54) is 37.9 Å². The van der Waals surface area contributed by atoms with Gasteiger partial charge in [0.15, 0.2) is 0 Å². The molecule has 0 amide bonds. The number of piperidine rings is 1. The van der Waals surface area contributed by atoms with E-state index in [4.69, 9.17) is 9.47 Å². The second-order valence-electron chi connectivity index (χ2n) is 6.39. The lowest BCUT2D eigenvalue weighted by molar-refractivity contribution is 0.0380. The summed E-state index contributed by atoms with van der Waals surface area (Å²) in [6.07, 6.45) is 3.76. The van der Waals surface area contributed by atoms with Crippen molar-refractivity contribution in [2.45, 2.75) is 45.1 Å². The molecule has 2 heterocycles. The smallest absolute Gasteiger partial charge is 0.123 e. The first-order valence-corrected chi connectivity index (χ1v) is 8.31. The Bertz CT molecular complexity index is 488. The highest BCUT2D eigenvalue weighted by molar-refractivity contribution is 5.45. The van der Waals surface area contributed by atoms with E-state index in [1.807, 2.05) is 6.07 Å². The summed E-state index contributed by atoms with van der Waals surface area (Å²) in [6.45, 7) is 7.83. The Labute approximate surface area is 128 Å². The maximum absolute atomic E-state index is 6.04. The minimum Gasteiger partial charge on any atom is -0.497 e. The lowest BCUT2D eigenvalue weighted by atomic mass is 9.76. The van der Waals surface area contributed by atoms with Gasteiger partial charge in [-0.25, -0.2) is 0 Å². The first-order valence-electron chi connectivity index (χ1n) is 8.31. The minimum atomic E-state index is 0.535. The van der Waals surface area contributed by atoms with Crippen LogP contribution >= 0.6 is 0 Å². The zero-order chi connectivity index (χ0) is 14.8. The number of nitrogens with zero attached hydrogens (tertiary/aromatic N) is 1. The summed E-state index contributed by atoms with van der Waals surface area (Å²) >= 11 is 0. The van der Waals surface area contributed by atoms with Crippen molar-refractivity contribution in [1.29, 1.82) is 0 Å². The molecule has 3 heteroatoms. The summed E-state index contributed by atoms with van der Waals surface area (Å²) in [4.78, 5) is 2.66. The largest absolute Gasteiger partial charge is 0.497 e. The first-order chi connectivity index (χ1) is 10.3. The molecule has 0 unspecified atom stereocenters. The van der Waals surface area contributed by atoms with Gasteiger partial charge in [0.2, 0.25) is 0 Å². The molecular formula is C18H27NO2. The number of methoxy groups -OCH3 is 1. The predicted molar refractivity (Wildman–Crippen MR) is 85.3 cm³/mol. The molecule has 2 aliphatic rings. The van der Waals surface area contributed by atoms with Gasteiger partial charge in [-0.2, -0.15) is 0 Å². The molecule has 116 valence electrons. The number of hydrogen-bond donors (Lipinski definition) is 0. The molecule has 0 N–H and O–H groups in total. The molecule has 1 fully saturated rings. The average molecular weight is 289 g/mol. The lowest BCUT2D eigenvalue weighted by Crippen LogP contribution is -2.52. The van der Waals surface area contributed by atoms with Crippen molar-refractivity contribution in [3.8, 4) is 11.5 Å². The average Bonchev–Trinajstić information content (AvgIpc) is 2.54. The number of likely N-dealkylation sites (tertiary alicyclic amines) is 1. The van der Waals surface area contributed by atoms with E-state index >= 15 is 0 Å². The fraction of sp³-hybridized carbons (Fsp3) is 0.667. The van der Waals surface area contributed by atoms with Gasteiger partial charge < -0.3 is 9.47 Å². The molecule has 3 atom stereocenters. The molecule has 0 saturated carbocycles. The SMILES string of the molecule is CCCN1C[C@H](CC)C[C@H]2c3cc(OC)ccc3OC[C@@H]21. The Morgan fingerprint density at radius 1 is 1.33 bits per heavy atom. The van der Waals surface area contributed by atoms with Gasteiger partial charge in [0.1, 0.15) is 18.1 Å². The van der Waals surface area contributed by atoms with Crippen LogP contribution in [0.25, 0.3) is 0 Å². The van der Waals surface area contributed by atoms with Crippen molar-refractivity contribution >= 4 is 0 Å². The highest BCUT2D eigenvalue weighted by Gasteiger charge is 2.40. The van der Waals surface area contributed by atoms with Crippen LogP contribution in [0.1, 0.15) is 44.6 Å². The molecule has 21 heavy (non-hydrogen) atoms.